The highest BCUT2D eigenvalue weighted by Crippen LogP contribution is 2.18. The number of amides is 1. The van der Waals surface area contributed by atoms with Crippen molar-refractivity contribution in [3.05, 3.63) is 70.8 Å². The van der Waals surface area contributed by atoms with Gasteiger partial charge in [-0.1, -0.05) is 42.5 Å². The maximum Gasteiger partial charge on any atom is 0.490 e. The third-order valence-electron chi connectivity index (χ3n) is 5.86. The van der Waals surface area contributed by atoms with Crippen LogP contribution in [-0.2, 0) is 29.0 Å². The molecule has 0 radical (unpaired) electrons. The van der Waals surface area contributed by atoms with Gasteiger partial charge in [-0.05, 0) is 62.8 Å². The van der Waals surface area contributed by atoms with Gasteiger partial charge in [-0.3, -0.25) is 9.59 Å². The summed E-state index contributed by atoms with van der Waals surface area (Å²) >= 11 is 0. The molecule has 0 bridgehead atoms. The molecule has 0 spiro atoms. The zero-order valence-electron chi connectivity index (χ0n) is 21.2. The van der Waals surface area contributed by atoms with Crippen molar-refractivity contribution in [3.63, 3.8) is 0 Å². The molecule has 3 rings (SSSR count). The van der Waals surface area contributed by atoms with Gasteiger partial charge >= 0.3 is 12.1 Å². The van der Waals surface area contributed by atoms with E-state index in [1.165, 1.54) is 11.1 Å². The van der Waals surface area contributed by atoms with Crippen LogP contribution in [0.4, 0.5) is 13.2 Å². The average molecular weight is 522 g/mol. The van der Waals surface area contributed by atoms with Gasteiger partial charge in [0.15, 0.2) is 5.78 Å². The van der Waals surface area contributed by atoms with Crippen molar-refractivity contribution >= 4 is 17.7 Å². The van der Waals surface area contributed by atoms with Crippen molar-refractivity contribution < 1.29 is 32.7 Å². The first-order chi connectivity index (χ1) is 17.5. The van der Waals surface area contributed by atoms with Crippen LogP contribution < -0.4 is 5.32 Å². The number of benzene rings is 2. The standard InChI is InChI=1S/C25H33N3O2.C2HF3O2/c1-27(2)16-17-28(19-20-6-4-3-5-7-20)25(30)11-10-24(29)23-9-8-21-12-14-26-15-13-22(21)18-23;3-2(4,5)1(6)7/h3-9,18,26H,10-17,19H2,1-2H3;(H,6,7). The lowest BCUT2D eigenvalue weighted by atomic mass is 9.97. The van der Waals surface area contributed by atoms with Gasteiger partial charge in [-0.2, -0.15) is 13.2 Å². The molecular formula is C27H34F3N3O4. The van der Waals surface area contributed by atoms with Crippen LogP contribution in [0.1, 0.15) is 39.9 Å². The third kappa shape index (κ3) is 10.7. The van der Waals surface area contributed by atoms with Crippen LogP contribution in [0, 0.1) is 0 Å². The van der Waals surface area contributed by atoms with Crippen molar-refractivity contribution in [3.8, 4) is 0 Å². The Balaban J connectivity index is 0.000000604. The smallest absolute Gasteiger partial charge is 0.475 e. The van der Waals surface area contributed by atoms with E-state index in [0.717, 1.165) is 43.6 Å². The van der Waals surface area contributed by atoms with Crippen LogP contribution in [0.25, 0.3) is 0 Å². The molecule has 0 atom stereocenters. The molecule has 37 heavy (non-hydrogen) atoms. The van der Waals surface area contributed by atoms with E-state index in [-0.39, 0.29) is 24.5 Å². The van der Waals surface area contributed by atoms with Crippen LogP contribution in [0.5, 0.6) is 0 Å². The molecule has 1 amide bonds. The van der Waals surface area contributed by atoms with Crippen molar-refractivity contribution in [1.29, 1.82) is 0 Å². The molecule has 1 aliphatic rings. The summed E-state index contributed by atoms with van der Waals surface area (Å²) in [5, 5.41) is 10.5. The lowest BCUT2D eigenvalue weighted by Gasteiger charge is -2.24. The van der Waals surface area contributed by atoms with E-state index in [0.29, 0.717) is 13.1 Å². The maximum atomic E-state index is 12.9. The number of alkyl halides is 3. The second-order valence-electron chi connectivity index (χ2n) is 9.06. The SMILES string of the molecule is CN(C)CCN(Cc1ccccc1)C(=O)CCC(=O)c1ccc2c(c1)CCNCC2.O=C(O)C(F)(F)F. The number of nitrogens with zero attached hydrogens (tertiary/aromatic N) is 2. The summed E-state index contributed by atoms with van der Waals surface area (Å²) in [5.41, 5.74) is 4.42. The Hall–Kier alpha value is -3.24. The summed E-state index contributed by atoms with van der Waals surface area (Å²) in [6, 6.07) is 16.1. The van der Waals surface area contributed by atoms with E-state index >= 15 is 0 Å². The number of aliphatic carboxylic acids is 1. The minimum absolute atomic E-state index is 0.0352. The molecule has 202 valence electrons. The number of carboxylic acid groups (broad SMARTS) is 1. The number of hydrogen-bond acceptors (Lipinski definition) is 5. The predicted molar refractivity (Wildman–Crippen MR) is 134 cm³/mol. The van der Waals surface area contributed by atoms with Gasteiger partial charge in [0.1, 0.15) is 0 Å². The molecule has 2 aromatic rings. The van der Waals surface area contributed by atoms with Crippen LogP contribution >= 0.6 is 0 Å². The summed E-state index contributed by atoms with van der Waals surface area (Å²) in [5.74, 6) is -2.67. The lowest BCUT2D eigenvalue weighted by molar-refractivity contribution is -0.192. The number of rotatable bonds is 9. The van der Waals surface area contributed by atoms with Crippen molar-refractivity contribution in [2.24, 2.45) is 0 Å². The van der Waals surface area contributed by atoms with E-state index in [4.69, 9.17) is 9.90 Å². The first kappa shape index (κ1) is 30.0. The lowest BCUT2D eigenvalue weighted by Crippen LogP contribution is -2.36. The van der Waals surface area contributed by atoms with Crippen molar-refractivity contribution in [1.82, 2.24) is 15.1 Å². The minimum Gasteiger partial charge on any atom is -0.475 e. The number of carbonyl (C=O) groups excluding carboxylic acids is 2. The topological polar surface area (TPSA) is 90.0 Å². The van der Waals surface area contributed by atoms with Crippen LogP contribution in [0.2, 0.25) is 0 Å². The molecule has 2 N–H and O–H groups in total. The van der Waals surface area contributed by atoms with Gasteiger partial charge in [0.25, 0.3) is 0 Å². The predicted octanol–water partition coefficient (Wildman–Crippen LogP) is 3.56. The number of Topliss-reactive ketones (excluding diaryl/α,β-unsaturated/α-hetero) is 1. The Morgan fingerprint density at radius 2 is 1.54 bits per heavy atom. The van der Waals surface area contributed by atoms with Crippen molar-refractivity contribution in [2.75, 3.05) is 40.3 Å². The molecule has 1 heterocycles. The molecule has 0 saturated heterocycles. The van der Waals surface area contributed by atoms with Crippen molar-refractivity contribution in [2.45, 2.75) is 38.4 Å². The quantitative estimate of drug-likeness (QED) is 0.491. The number of carbonyl (C=O) groups is 3. The van der Waals surface area contributed by atoms with Gasteiger partial charge in [0, 0.05) is 38.0 Å². The fourth-order valence-electron chi connectivity index (χ4n) is 3.79. The highest BCUT2D eigenvalue weighted by atomic mass is 19.4. The second kappa shape index (κ2) is 14.5. The summed E-state index contributed by atoms with van der Waals surface area (Å²) in [6.45, 7) is 3.96. The summed E-state index contributed by atoms with van der Waals surface area (Å²) in [7, 11) is 4.01. The number of carboxylic acids is 1. The first-order valence-electron chi connectivity index (χ1n) is 12.1. The van der Waals surface area contributed by atoms with Crippen LogP contribution in [-0.4, -0.2) is 79.0 Å². The molecule has 1 aliphatic heterocycles. The first-order valence-corrected chi connectivity index (χ1v) is 12.1. The van der Waals surface area contributed by atoms with E-state index < -0.39 is 12.1 Å². The van der Waals surface area contributed by atoms with Crippen LogP contribution in [0.15, 0.2) is 48.5 Å². The van der Waals surface area contributed by atoms with Gasteiger partial charge in [0.2, 0.25) is 5.91 Å². The van der Waals surface area contributed by atoms with Gasteiger partial charge in [-0.15, -0.1) is 0 Å². The van der Waals surface area contributed by atoms with Crippen LogP contribution in [0.3, 0.4) is 0 Å². The molecule has 0 unspecified atom stereocenters. The maximum absolute atomic E-state index is 12.9. The summed E-state index contributed by atoms with van der Waals surface area (Å²) in [6.07, 6.45) is -2.63. The monoisotopic (exact) mass is 521 g/mol. The zero-order valence-corrected chi connectivity index (χ0v) is 21.2. The molecule has 7 nitrogen and oxygen atoms in total. The summed E-state index contributed by atoms with van der Waals surface area (Å²) < 4.78 is 31.7. The number of likely N-dealkylation sites (N-methyl/N-ethyl adjacent to an activating group) is 1. The molecule has 0 aliphatic carbocycles. The third-order valence-corrected chi connectivity index (χ3v) is 5.86. The Labute approximate surface area is 215 Å². The molecule has 0 aromatic heterocycles. The minimum atomic E-state index is -5.08. The van der Waals surface area contributed by atoms with E-state index in [9.17, 15) is 22.8 Å². The summed E-state index contributed by atoms with van der Waals surface area (Å²) in [4.78, 5) is 38.5. The molecular weight excluding hydrogens is 487 g/mol. The number of fused-ring (bicyclic) bond motifs is 1. The van der Waals surface area contributed by atoms with Gasteiger partial charge in [0.05, 0.1) is 0 Å². The fourth-order valence-corrected chi connectivity index (χ4v) is 3.79. The molecule has 10 heteroatoms. The highest BCUT2D eigenvalue weighted by molar-refractivity contribution is 5.98. The molecule has 0 fully saturated rings. The normalized spacial score (nSPS) is 13.1. The molecule has 0 saturated carbocycles. The Morgan fingerprint density at radius 1 is 0.919 bits per heavy atom. The van der Waals surface area contributed by atoms with E-state index in [1.807, 2.05) is 61.5 Å². The Kier molecular flexibility index (Phi) is 11.7. The second-order valence-corrected chi connectivity index (χ2v) is 9.06. The van der Waals surface area contributed by atoms with E-state index in [1.54, 1.807) is 0 Å². The fraction of sp³-hybridized carbons (Fsp3) is 0.444. The largest absolute Gasteiger partial charge is 0.490 e. The van der Waals surface area contributed by atoms with E-state index in [2.05, 4.69) is 16.3 Å². The number of ketones is 1. The number of halogens is 3. The van der Waals surface area contributed by atoms with Gasteiger partial charge < -0.3 is 20.2 Å². The highest BCUT2D eigenvalue weighted by Gasteiger charge is 2.38. The Morgan fingerprint density at radius 3 is 2.14 bits per heavy atom. The van der Waals surface area contributed by atoms with Gasteiger partial charge in [-0.25, -0.2) is 4.79 Å². The molecule has 2 aromatic carbocycles. The number of hydrogen-bond donors (Lipinski definition) is 2. The zero-order chi connectivity index (χ0) is 27.4. The average Bonchev–Trinajstić information content (AvgIpc) is 3.10. The Bertz CT molecular complexity index is 1040. The number of nitrogens with one attached hydrogen (secondary N) is 1.